The van der Waals surface area contributed by atoms with Crippen LogP contribution in [-0.4, -0.2) is 17.0 Å². The summed E-state index contributed by atoms with van der Waals surface area (Å²) in [5.41, 5.74) is 7.40. The SMILES string of the molecule is NCCC(=O)n1c2ccccc2c2ccccc21. The molecule has 0 aliphatic heterocycles. The van der Waals surface area contributed by atoms with Crippen LogP contribution >= 0.6 is 0 Å². The molecule has 3 heteroatoms. The Bertz CT molecular complexity index is 674. The smallest absolute Gasteiger partial charge is 0.232 e. The van der Waals surface area contributed by atoms with E-state index in [2.05, 4.69) is 0 Å². The molecule has 0 fully saturated rings. The minimum Gasteiger partial charge on any atom is -0.330 e. The molecule has 0 aliphatic carbocycles. The summed E-state index contributed by atoms with van der Waals surface area (Å²) in [7, 11) is 0. The molecule has 0 bridgehead atoms. The Kier molecular flexibility index (Phi) is 2.61. The highest BCUT2D eigenvalue weighted by molar-refractivity contribution is 6.13. The Hall–Kier alpha value is -2.13. The van der Waals surface area contributed by atoms with Gasteiger partial charge in [-0.15, -0.1) is 0 Å². The molecule has 0 spiro atoms. The predicted molar refractivity (Wildman–Crippen MR) is 73.7 cm³/mol. The second kappa shape index (κ2) is 4.27. The lowest BCUT2D eigenvalue weighted by molar-refractivity contribution is 0.0916. The quantitative estimate of drug-likeness (QED) is 0.746. The molecule has 0 radical (unpaired) electrons. The summed E-state index contributed by atoms with van der Waals surface area (Å²) in [5, 5.41) is 2.22. The molecule has 18 heavy (non-hydrogen) atoms. The van der Waals surface area contributed by atoms with Gasteiger partial charge in [0, 0.05) is 23.7 Å². The van der Waals surface area contributed by atoms with Crippen molar-refractivity contribution in [1.82, 2.24) is 4.57 Å². The van der Waals surface area contributed by atoms with Gasteiger partial charge < -0.3 is 5.73 Å². The maximum Gasteiger partial charge on any atom is 0.232 e. The van der Waals surface area contributed by atoms with Crippen LogP contribution in [0.5, 0.6) is 0 Å². The van der Waals surface area contributed by atoms with Gasteiger partial charge in [-0.2, -0.15) is 0 Å². The number of hydrogen-bond acceptors (Lipinski definition) is 2. The van der Waals surface area contributed by atoms with Crippen molar-refractivity contribution in [3.05, 3.63) is 48.5 Å². The van der Waals surface area contributed by atoms with Crippen LogP contribution in [0.4, 0.5) is 0 Å². The van der Waals surface area contributed by atoms with Crippen LogP contribution in [-0.2, 0) is 0 Å². The van der Waals surface area contributed by atoms with Gasteiger partial charge in [-0.1, -0.05) is 36.4 Å². The third kappa shape index (κ3) is 1.52. The molecule has 0 saturated heterocycles. The molecule has 0 amide bonds. The molecule has 3 nitrogen and oxygen atoms in total. The number of para-hydroxylation sites is 2. The summed E-state index contributed by atoms with van der Waals surface area (Å²) in [4.78, 5) is 12.2. The molecule has 1 heterocycles. The molecule has 3 rings (SSSR count). The van der Waals surface area contributed by atoms with E-state index in [1.807, 2.05) is 48.5 Å². The molecule has 3 aromatic rings. The fourth-order valence-corrected chi connectivity index (χ4v) is 2.43. The zero-order valence-electron chi connectivity index (χ0n) is 9.97. The van der Waals surface area contributed by atoms with Crippen LogP contribution in [0, 0.1) is 0 Å². The Morgan fingerprint density at radius 1 is 0.944 bits per heavy atom. The van der Waals surface area contributed by atoms with Crippen molar-refractivity contribution in [2.24, 2.45) is 5.73 Å². The van der Waals surface area contributed by atoms with Gasteiger partial charge in [0.2, 0.25) is 5.91 Å². The van der Waals surface area contributed by atoms with Crippen molar-refractivity contribution in [1.29, 1.82) is 0 Å². The summed E-state index contributed by atoms with van der Waals surface area (Å²) in [6.07, 6.45) is 0.364. The Morgan fingerprint density at radius 2 is 1.44 bits per heavy atom. The van der Waals surface area contributed by atoms with Gasteiger partial charge in [0.05, 0.1) is 11.0 Å². The number of aromatic nitrogens is 1. The largest absolute Gasteiger partial charge is 0.330 e. The first-order valence-corrected chi connectivity index (χ1v) is 6.04. The lowest BCUT2D eigenvalue weighted by Gasteiger charge is -2.04. The first-order chi connectivity index (χ1) is 8.83. The van der Waals surface area contributed by atoms with Crippen molar-refractivity contribution >= 4 is 27.7 Å². The lowest BCUT2D eigenvalue weighted by Crippen LogP contribution is -2.15. The molecule has 0 aliphatic rings. The average molecular weight is 238 g/mol. The van der Waals surface area contributed by atoms with Crippen LogP contribution < -0.4 is 5.73 Å². The normalized spacial score (nSPS) is 11.2. The first-order valence-electron chi connectivity index (χ1n) is 6.04. The maximum atomic E-state index is 12.2. The minimum absolute atomic E-state index is 0.0508. The second-order valence-electron chi connectivity index (χ2n) is 4.30. The molecular weight excluding hydrogens is 224 g/mol. The zero-order chi connectivity index (χ0) is 12.5. The zero-order valence-corrected chi connectivity index (χ0v) is 9.97. The third-order valence-electron chi connectivity index (χ3n) is 3.19. The lowest BCUT2D eigenvalue weighted by atomic mass is 10.2. The van der Waals surface area contributed by atoms with Gasteiger partial charge in [-0.25, -0.2) is 0 Å². The van der Waals surface area contributed by atoms with Crippen LogP contribution in [0.3, 0.4) is 0 Å². The van der Waals surface area contributed by atoms with Crippen molar-refractivity contribution in [2.75, 3.05) is 6.54 Å². The maximum absolute atomic E-state index is 12.2. The van der Waals surface area contributed by atoms with Gasteiger partial charge >= 0.3 is 0 Å². The predicted octanol–water partition coefficient (Wildman–Crippen LogP) is 2.78. The van der Waals surface area contributed by atoms with Crippen molar-refractivity contribution < 1.29 is 4.79 Å². The number of carbonyl (C=O) groups is 1. The van der Waals surface area contributed by atoms with Crippen molar-refractivity contribution in [3.8, 4) is 0 Å². The molecule has 0 saturated carbocycles. The summed E-state index contributed by atoms with van der Waals surface area (Å²) < 4.78 is 1.78. The minimum atomic E-state index is 0.0508. The van der Waals surface area contributed by atoms with Gasteiger partial charge in [-0.05, 0) is 12.1 Å². The van der Waals surface area contributed by atoms with E-state index in [9.17, 15) is 4.79 Å². The molecule has 0 atom stereocenters. The summed E-state index contributed by atoms with van der Waals surface area (Å²) in [5.74, 6) is 0.0508. The van der Waals surface area contributed by atoms with E-state index in [1.54, 1.807) is 4.57 Å². The molecule has 90 valence electrons. The summed E-state index contributed by atoms with van der Waals surface area (Å²) in [6.45, 7) is 0.375. The second-order valence-corrected chi connectivity index (χ2v) is 4.30. The Labute approximate surface area is 105 Å². The number of nitrogens with zero attached hydrogens (tertiary/aromatic N) is 1. The Morgan fingerprint density at radius 3 is 1.94 bits per heavy atom. The van der Waals surface area contributed by atoms with Gasteiger partial charge in [0.1, 0.15) is 0 Å². The molecule has 2 aromatic carbocycles. The first kappa shape index (κ1) is 11.0. The van der Waals surface area contributed by atoms with E-state index in [-0.39, 0.29) is 5.91 Å². The third-order valence-corrected chi connectivity index (χ3v) is 3.19. The molecule has 2 N–H and O–H groups in total. The van der Waals surface area contributed by atoms with Gasteiger partial charge in [0.25, 0.3) is 0 Å². The highest BCUT2D eigenvalue weighted by atomic mass is 16.2. The van der Waals surface area contributed by atoms with Gasteiger partial charge in [0.15, 0.2) is 0 Å². The van der Waals surface area contributed by atoms with Crippen molar-refractivity contribution in [2.45, 2.75) is 6.42 Å². The van der Waals surface area contributed by atoms with E-state index >= 15 is 0 Å². The number of benzene rings is 2. The highest BCUT2D eigenvalue weighted by Gasteiger charge is 2.14. The average Bonchev–Trinajstić information content (AvgIpc) is 2.73. The topological polar surface area (TPSA) is 48.0 Å². The van der Waals surface area contributed by atoms with Crippen LogP contribution in [0.15, 0.2) is 48.5 Å². The highest BCUT2D eigenvalue weighted by Crippen LogP contribution is 2.28. The fourth-order valence-electron chi connectivity index (χ4n) is 2.43. The van der Waals surface area contributed by atoms with Crippen LogP contribution in [0.1, 0.15) is 11.2 Å². The monoisotopic (exact) mass is 238 g/mol. The van der Waals surface area contributed by atoms with E-state index in [1.165, 1.54) is 0 Å². The fraction of sp³-hybridized carbons (Fsp3) is 0.133. The number of carbonyl (C=O) groups excluding carboxylic acids is 1. The summed E-state index contributed by atoms with van der Waals surface area (Å²) >= 11 is 0. The summed E-state index contributed by atoms with van der Waals surface area (Å²) in [6, 6.07) is 15.9. The molecule has 1 aromatic heterocycles. The number of hydrogen-bond donors (Lipinski definition) is 1. The van der Waals surface area contributed by atoms with E-state index in [0.29, 0.717) is 13.0 Å². The van der Waals surface area contributed by atoms with Crippen LogP contribution in [0.2, 0.25) is 0 Å². The number of rotatable bonds is 2. The molecule has 0 unspecified atom stereocenters. The van der Waals surface area contributed by atoms with E-state index in [0.717, 1.165) is 21.8 Å². The number of nitrogens with two attached hydrogens (primary N) is 1. The van der Waals surface area contributed by atoms with E-state index in [4.69, 9.17) is 5.73 Å². The van der Waals surface area contributed by atoms with Crippen LogP contribution in [0.25, 0.3) is 21.8 Å². The van der Waals surface area contributed by atoms with E-state index < -0.39 is 0 Å². The van der Waals surface area contributed by atoms with Gasteiger partial charge in [-0.3, -0.25) is 9.36 Å². The number of fused-ring (bicyclic) bond motifs is 3. The molecular formula is C15H14N2O. The standard InChI is InChI=1S/C15H14N2O/c16-10-9-15(18)17-13-7-3-1-5-11(13)12-6-2-4-8-14(12)17/h1-8H,9-10,16H2. The Balaban J connectivity index is 2.41. The van der Waals surface area contributed by atoms with Crippen molar-refractivity contribution in [3.63, 3.8) is 0 Å².